The fourth-order valence-corrected chi connectivity index (χ4v) is 4.12. The van der Waals surface area contributed by atoms with E-state index in [0.29, 0.717) is 24.4 Å². The highest BCUT2D eigenvalue weighted by atomic mass is 32.1. The van der Waals surface area contributed by atoms with Crippen LogP contribution in [-0.4, -0.2) is 22.2 Å². The molecule has 0 aliphatic carbocycles. The van der Waals surface area contributed by atoms with Crippen LogP contribution >= 0.6 is 11.3 Å². The molecule has 0 fully saturated rings. The molecule has 27 heavy (non-hydrogen) atoms. The number of rotatable bonds is 6. The highest BCUT2D eigenvalue weighted by molar-refractivity contribution is 7.20. The molecule has 0 saturated carbocycles. The van der Waals surface area contributed by atoms with Gasteiger partial charge in [0, 0.05) is 18.4 Å². The molecule has 5 nitrogen and oxygen atoms in total. The molecule has 0 radical (unpaired) electrons. The van der Waals surface area contributed by atoms with E-state index in [-0.39, 0.29) is 5.91 Å². The Kier molecular flexibility index (Phi) is 4.81. The minimum Gasteiger partial charge on any atom is -0.469 e. The Morgan fingerprint density at radius 3 is 2.78 bits per heavy atom. The Bertz CT molecular complexity index is 1060. The van der Waals surface area contributed by atoms with Crippen molar-refractivity contribution in [2.75, 3.05) is 6.54 Å². The van der Waals surface area contributed by atoms with Gasteiger partial charge in [0.25, 0.3) is 5.91 Å². The highest BCUT2D eigenvalue weighted by Crippen LogP contribution is 2.29. The summed E-state index contributed by atoms with van der Waals surface area (Å²) in [4.78, 5) is 14.2. The molecule has 3 heterocycles. The summed E-state index contributed by atoms with van der Waals surface area (Å²) >= 11 is 1.49. The summed E-state index contributed by atoms with van der Waals surface area (Å²) in [6.45, 7) is 5.31. The number of aromatic nitrogens is 2. The van der Waals surface area contributed by atoms with Crippen molar-refractivity contribution in [2.24, 2.45) is 0 Å². The number of fused-ring (bicyclic) bond motifs is 1. The van der Waals surface area contributed by atoms with Crippen molar-refractivity contribution >= 4 is 27.5 Å². The van der Waals surface area contributed by atoms with Crippen LogP contribution in [0.5, 0.6) is 0 Å². The van der Waals surface area contributed by atoms with Crippen LogP contribution < -0.4 is 5.32 Å². The van der Waals surface area contributed by atoms with Crippen molar-refractivity contribution in [3.05, 3.63) is 76.2 Å². The summed E-state index contributed by atoms with van der Waals surface area (Å²) in [6, 6.07) is 14.2. The van der Waals surface area contributed by atoms with Gasteiger partial charge in [0.1, 0.15) is 10.6 Å². The third kappa shape index (κ3) is 3.80. The number of hydrogen-bond acceptors (Lipinski definition) is 4. The molecule has 0 atom stereocenters. The monoisotopic (exact) mass is 379 g/mol. The number of benzene rings is 1. The number of nitrogens with zero attached hydrogens (tertiary/aromatic N) is 2. The lowest BCUT2D eigenvalue weighted by molar-refractivity contribution is 0.0958. The smallest absolute Gasteiger partial charge is 0.261 e. The first kappa shape index (κ1) is 17.5. The highest BCUT2D eigenvalue weighted by Gasteiger charge is 2.16. The minimum atomic E-state index is -0.0518. The van der Waals surface area contributed by atoms with Crippen LogP contribution in [0.1, 0.15) is 32.3 Å². The number of aryl methyl sites for hydroxylation is 2. The second-order valence-electron chi connectivity index (χ2n) is 6.64. The van der Waals surface area contributed by atoms with E-state index < -0.39 is 0 Å². The molecule has 138 valence electrons. The van der Waals surface area contributed by atoms with E-state index in [9.17, 15) is 4.79 Å². The molecule has 4 aromatic rings. The number of nitrogens with one attached hydrogen (secondary N) is 1. The summed E-state index contributed by atoms with van der Waals surface area (Å²) in [5.74, 6) is 0.820. The topological polar surface area (TPSA) is 60.1 Å². The second-order valence-corrected chi connectivity index (χ2v) is 7.67. The van der Waals surface area contributed by atoms with Crippen molar-refractivity contribution in [2.45, 2.75) is 26.8 Å². The van der Waals surface area contributed by atoms with Crippen LogP contribution in [0.25, 0.3) is 10.2 Å². The van der Waals surface area contributed by atoms with Gasteiger partial charge in [-0.3, -0.25) is 9.48 Å². The number of hydrogen-bond donors (Lipinski definition) is 1. The van der Waals surface area contributed by atoms with Gasteiger partial charge in [-0.2, -0.15) is 5.10 Å². The Hall–Kier alpha value is -2.86. The Morgan fingerprint density at radius 2 is 2.04 bits per heavy atom. The fraction of sp³-hybridized carbons (Fsp3) is 0.238. The maximum Gasteiger partial charge on any atom is 0.261 e. The van der Waals surface area contributed by atoms with Gasteiger partial charge >= 0.3 is 0 Å². The number of carbonyl (C=O) groups excluding carboxylic acids is 1. The molecule has 0 bridgehead atoms. The summed E-state index contributed by atoms with van der Waals surface area (Å²) in [6.07, 6.45) is 2.33. The first-order chi connectivity index (χ1) is 13.1. The number of carbonyl (C=O) groups is 1. The van der Waals surface area contributed by atoms with Gasteiger partial charge in [0.2, 0.25) is 0 Å². The number of thiophene rings is 1. The lowest BCUT2D eigenvalue weighted by Crippen LogP contribution is -2.24. The van der Waals surface area contributed by atoms with Crippen LogP contribution in [0.15, 0.2) is 53.1 Å². The van der Waals surface area contributed by atoms with Gasteiger partial charge in [-0.15, -0.1) is 11.3 Å². The zero-order valence-electron chi connectivity index (χ0n) is 15.4. The van der Waals surface area contributed by atoms with Gasteiger partial charge in [0.15, 0.2) is 0 Å². The fourth-order valence-electron chi connectivity index (χ4n) is 3.04. The largest absolute Gasteiger partial charge is 0.469 e. The molecule has 1 amide bonds. The van der Waals surface area contributed by atoms with Gasteiger partial charge in [0.05, 0.1) is 23.4 Å². The predicted molar refractivity (Wildman–Crippen MR) is 107 cm³/mol. The maximum absolute atomic E-state index is 12.5. The third-order valence-corrected chi connectivity index (χ3v) is 5.67. The van der Waals surface area contributed by atoms with E-state index in [1.165, 1.54) is 22.5 Å². The third-order valence-electron chi connectivity index (χ3n) is 4.52. The number of amides is 1. The average molecular weight is 379 g/mol. The predicted octanol–water partition coefficient (Wildman–Crippen LogP) is 4.33. The molecule has 4 rings (SSSR count). The zero-order valence-corrected chi connectivity index (χ0v) is 16.2. The first-order valence-corrected chi connectivity index (χ1v) is 9.75. The van der Waals surface area contributed by atoms with Gasteiger partial charge in [-0.05, 0) is 37.6 Å². The van der Waals surface area contributed by atoms with Crippen LogP contribution in [0.3, 0.4) is 0 Å². The van der Waals surface area contributed by atoms with Gasteiger partial charge in [-0.1, -0.05) is 29.8 Å². The average Bonchev–Trinajstić information content (AvgIpc) is 3.37. The molecule has 0 aliphatic rings. The lowest BCUT2D eigenvalue weighted by atomic mass is 10.1. The Balaban J connectivity index is 1.49. The number of furan rings is 1. The Morgan fingerprint density at radius 1 is 1.22 bits per heavy atom. The van der Waals surface area contributed by atoms with Crippen molar-refractivity contribution in [1.82, 2.24) is 15.1 Å². The van der Waals surface area contributed by atoms with Crippen LogP contribution in [0, 0.1) is 13.8 Å². The molecule has 1 aromatic carbocycles. The molecule has 0 aliphatic heterocycles. The molecule has 6 heteroatoms. The molecule has 3 aromatic heterocycles. The molecule has 0 unspecified atom stereocenters. The van der Waals surface area contributed by atoms with E-state index in [0.717, 1.165) is 21.7 Å². The second kappa shape index (κ2) is 7.40. The SMILES string of the molecule is Cc1ccc(Cn2nc(C)c3cc(C(=O)NCCc4ccco4)sc32)cc1. The van der Waals surface area contributed by atoms with Crippen LogP contribution in [0.2, 0.25) is 0 Å². The normalized spacial score (nSPS) is 11.2. The van der Waals surface area contributed by atoms with E-state index in [4.69, 9.17) is 4.42 Å². The lowest BCUT2D eigenvalue weighted by Gasteiger charge is -2.04. The zero-order chi connectivity index (χ0) is 18.8. The first-order valence-electron chi connectivity index (χ1n) is 8.93. The standard InChI is InChI=1S/C21H21N3O2S/c1-14-5-7-16(8-6-14)13-24-21-18(15(2)23-24)12-19(27-21)20(25)22-10-9-17-4-3-11-26-17/h3-8,11-12H,9-10,13H2,1-2H3,(H,22,25). The molecule has 1 N–H and O–H groups in total. The van der Waals surface area contributed by atoms with Gasteiger partial charge < -0.3 is 9.73 Å². The van der Waals surface area contributed by atoms with E-state index >= 15 is 0 Å². The molecule has 0 spiro atoms. The van der Waals surface area contributed by atoms with Crippen molar-refractivity contribution in [3.8, 4) is 0 Å². The Labute approximate surface area is 161 Å². The maximum atomic E-state index is 12.5. The summed E-state index contributed by atoms with van der Waals surface area (Å²) in [5.41, 5.74) is 3.39. The van der Waals surface area contributed by atoms with Crippen LogP contribution in [-0.2, 0) is 13.0 Å². The summed E-state index contributed by atoms with van der Waals surface area (Å²) in [5, 5.41) is 8.66. The summed E-state index contributed by atoms with van der Waals surface area (Å²) in [7, 11) is 0. The molecule has 0 saturated heterocycles. The van der Waals surface area contributed by atoms with Crippen molar-refractivity contribution in [3.63, 3.8) is 0 Å². The summed E-state index contributed by atoms with van der Waals surface area (Å²) < 4.78 is 7.28. The van der Waals surface area contributed by atoms with E-state index in [2.05, 4.69) is 41.6 Å². The minimum absolute atomic E-state index is 0.0518. The van der Waals surface area contributed by atoms with Gasteiger partial charge in [-0.25, -0.2) is 0 Å². The quantitative estimate of drug-likeness (QED) is 0.542. The van der Waals surface area contributed by atoms with Crippen molar-refractivity contribution in [1.29, 1.82) is 0 Å². The van der Waals surface area contributed by atoms with E-state index in [1.54, 1.807) is 6.26 Å². The molecular formula is C21H21N3O2S. The van der Waals surface area contributed by atoms with E-state index in [1.807, 2.05) is 29.8 Å². The van der Waals surface area contributed by atoms with Crippen molar-refractivity contribution < 1.29 is 9.21 Å². The van der Waals surface area contributed by atoms with Crippen LogP contribution in [0.4, 0.5) is 0 Å². The molecular weight excluding hydrogens is 358 g/mol.